The number of halogens is 2. The number of hydrogen-bond donors (Lipinski definition) is 2. The van der Waals surface area contributed by atoms with Crippen molar-refractivity contribution >= 4 is 17.4 Å². The van der Waals surface area contributed by atoms with Crippen LogP contribution in [-0.2, 0) is 0 Å². The van der Waals surface area contributed by atoms with Crippen molar-refractivity contribution in [3.05, 3.63) is 66.6 Å². The van der Waals surface area contributed by atoms with Crippen LogP contribution in [0.5, 0.6) is 17.2 Å². The van der Waals surface area contributed by atoms with Crippen LogP contribution in [0.1, 0.15) is 23.2 Å². The molecule has 9 nitrogen and oxygen atoms in total. The minimum atomic E-state index is -3.11. The highest BCUT2D eigenvalue weighted by Gasteiger charge is 2.29. The van der Waals surface area contributed by atoms with E-state index in [2.05, 4.69) is 20.6 Å². The van der Waals surface area contributed by atoms with Gasteiger partial charge in [-0.2, -0.15) is 8.78 Å². The van der Waals surface area contributed by atoms with Gasteiger partial charge in [-0.1, -0.05) is 6.07 Å². The lowest BCUT2D eigenvalue weighted by Gasteiger charge is -2.16. The number of carbonyl (C=O) groups is 1. The molecule has 4 aromatic rings. The third kappa shape index (κ3) is 5.71. The molecule has 3 heterocycles. The zero-order valence-electron chi connectivity index (χ0n) is 20.0. The number of ether oxygens (including phenoxy) is 3. The summed E-state index contributed by atoms with van der Waals surface area (Å²) in [5, 5.41) is 5.97. The third-order valence-corrected chi connectivity index (χ3v) is 5.76. The van der Waals surface area contributed by atoms with Gasteiger partial charge >= 0.3 is 6.61 Å². The first-order valence-electron chi connectivity index (χ1n) is 11.7. The SMILES string of the molecule is COc1cc(-c2cnc3cc(OCCNc4ccccn4)ccn23)cc(OC(F)F)c1C(=O)NC1CC1. The third-order valence-electron chi connectivity index (χ3n) is 5.76. The number of fused-ring (bicyclic) bond motifs is 1. The van der Waals surface area contributed by atoms with Gasteiger partial charge in [-0.05, 0) is 43.2 Å². The lowest BCUT2D eigenvalue weighted by molar-refractivity contribution is -0.0502. The number of methoxy groups -OCH3 is 1. The van der Waals surface area contributed by atoms with E-state index in [-0.39, 0.29) is 23.1 Å². The van der Waals surface area contributed by atoms with Gasteiger partial charge in [-0.25, -0.2) is 9.97 Å². The largest absolute Gasteiger partial charge is 0.496 e. The molecular weight excluding hydrogens is 484 g/mol. The predicted molar refractivity (Wildman–Crippen MR) is 133 cm³/mol. The van der Waals surface area contributed by atoms with Crippen LogP contribution in [0.2, 0.25) is 0 Å². The molecule has 37 heavy (non-hydrogen) atoms. The van der Waals surface area contributed by atoms with Gasteiger partial charge in [0.1, 0.15) is 40.9 Å². The second-order valence-corrected chi connectivity index (χ2v) is 8.40. The number of imidazole rings is 1. The Balaban J connectivity index is 1.37. The molecule has 3 aromatic heterocycles. The van der Waals surface area contributed by atoms with Crippen molar-refractivity contribution in [3.63, 3.8) is 0 Å². The number of nitrogens with one attached hydrogen (secondary N) is 2. The molecule has 1 fully saturated rings. The van der Waals surface area contributed by atoms with Gasteiger partial charge in [0.15, 0.2) is 0 Å². The number of hydrogen-bond acceptors (Lipinski definition) is 7. The summed E-state index contributed by atoms with van der Waals surface area (Å²) in [6, 6.07) is 12.2. The second-order valence-electron chi connectivity index (χ2n) is 8.40. The van der Waals surface area contributed by atoms with E-state index in [1.54, 1.807) is 41.2 Å². The molecule has 1 aliphatic rings. The Labute approximate surface area is 211 Å². The number of rotatable bonds is 11. The van der Waals surface area contributed by atoms with Crippen molar-refractivity contribution in [2.75, 3.05) is 25.6 Å². The Bertz CT molecular complexity index is 1390. The topological polar surface area (TPSA) is 99.0 Å². The first kappa shape index (κ1) is 24.3. The summed E-state index contributed by atoms with van der Waals surface area (Å²) >= 11 is 0. The van der Waals surface area contributed by atoms with Gasteiger partial charge in [0.25, 0.3) is 5.91 Å². The first-order chi connectivity index (χ1) is 18.0. The lowest BCUT2D eigenvalue weighted by Crippen LogP contribution is -2.26. The molecule has 192 valence electrons. The highest BCUT2D eigenvalue weighted by molar-refractivity contribution is 6.01. The number of benzene rings is 1. The Kier molecular flexibility index (Phi) is 7.02. The maximum atomic E-state index is 13.2. The summed E-state index contributed by atoms with van der Waals surface area (Å²) < 4.78 is 44.2. The molecule has 1 aliphatic carbocycles. The van der Waals surface area contributed by atoms with Crippen molar-refractivity contribution in [2.45, 2.75) is 25.5 Å². The number of carbonyl (C=O) groups excluding carboxylic acids is 1. The van der Waals surface area contributed by atoms with Gasteiger partial charge in [-0.15, -0.1) is 0 Å². The van der Waals surface area contributed by atoms with Crippen molar-refractivity contribution in [1.82, 2.24) is 19.7 Å². The fourth-order valence-corrected chi connectivity index (χ4v) is 3.88. The summed E-state index contributed by atoms with van der Waals surface area (Å²) in [6.45, 7) is -2.13. The molecule has 1 saturated carbocycles. The summed E-state index contributed by atoms with van der Waals surface area (Å²) in [5.41, 5.74) is 1.62. The Morgan fingerprint density at radius 3 is 2.73 bits per heavy atom. The minimum absolute atomic E-state index is 0.0391. The minimum Gasteiger partial charge on any atom is -0.496 e. The first-order valence-corrected chi connectivity index (χ1v) is 11.7. The fourth-order valence-electron chi connectivity index (χ4n) is 3.88. The van der Waals surface area contributed by atoms with Crippen LogP contribution < -0.4 is 24.8 Å². The molecule has 11 heteroatoms. The van der Waals surface area contributed by atoms with Crippen molar-refractivity contribution in [1.29, 1.82) is 0 Å². The van der Waals surface area contributed by atoms with Gasteiger partial charge in [0, 0.05) is 30.1 Å². The van der Waals surface area contributed by atoms with Crippen molar-refractivity contribution in [3.8, 4) is 28.5 Å². The van der Waals surface area contributed by atoms with Crippen LogP contribution >= 0.6 is 0 Å². The van der Waals surface area contributed by atoms with Crippen LogP contribution in [0.25, 0.3) is 16.9 Å². The molecule has 0 spiro atoms. The molecular formula is C26H25F2N5O4. The van der Waals surface area contributed by atoms with Crippen LogP contribution in [0, 0.1) is 0 Å². The molecule has 1 aromatic carbocycles. The molecule has 0 saturated heterocycles. The second kappa shape index (κ2) is 10.7. The number of pyridine rings is 2. The quantitative estimate of drug-likeness (QED) is 0.289. The van der Waals surface area contributed by atoms with Crippen LogP contribution in [0.3, 0.4) is 0 Å². The molecule has 0 radical (unpaired) electrons. The summed E-state index contributed by atoms with van der Waals surface area (Å²) in [4.78, 5) is 21.4. The lowest BCUT2D eigenvalue weighted by atomic mass is 10.1. The maximum Gasteiger partial charge on any atom is 0.387 e. The number of alkyl halides is 2. The molecule has 5 rings (SSSR count). The molecule has 2 N–H and O–H groups in total. The Morgan fingerprint density at radius 1 is 1.16 bits per heavy atom. The predicted octanol–water partition coefficient (Wildman–Crippen LogP) is 4.39. The smallest absolute Gasteiger partial charge is 0.387 e. The van der Waals surface area contributed by atoms with Gasteiger partial charge in [0.05, 0.1) is 25.5 Å². The average molecular weight is 510 g/mol. The van der Waals surface area contributed by atoms with E-state index in [9.17, 15) is 13.6 Å². The van der Waals surface area contributed by atoms with E-state index >= 15 is 0 Å². The molecule has 0 bridgehead atoms. The molecule has 0 atom stereocenters. The van der Waals surface area contributed by atoms with Crippen LogP contribution in [-0.4, -0.2) is 53.2 Å². The van der Waals surface area contributed by atoms with Gasteiger partial charge in [-0.3, -0.25) is 9.20 Å². The van der Waals surface area contributed by atoms with E-state index in [1.165, 1.54) is 13.2 Å². The van der Waals surface area contributed by atoms with E-state index in [1.807, 2.05) is 18.2 Å². The summed E-state index contributed by atoms with van der Waals surface area (Å²) in [5.74, 6) is 0.735. The van der Waals surface area contributed by atoms with Gasteiger partial charge in [0.2, 0.25) is 0 Å². The normalized spacial score (nSPS) is 13.0. The van der Waals surface area contributed by atoms with Crippen molar-refractivity contribution in [2.24, 2.45) is 0 Å². The maximum absolute atomic E-state index is 13.2. The van der Waals surface area contributed by atoms with E-state index in [4.69, 9.17) is 14.2 Å². The monoisotopic (exact) mass is 509 g/mol. The average Bonchev–Trinajstić information content (AvgIpc) is 3.61. The highest BCUT2D eigenvalue weighted by atomic mass is 19.3. The number of amides is 1. The summed E-state index contributed by atoms with van der Waals surface area (Å²) in [7, 11) is 1.37. The van der Waals surface area contributed by atoms with E-state index in [0.29, 0.717) is 35.8 Å². The molecule has 1 amide bonds. The zero-order chi connectivity index (χ0) is 25.8. The van der Waals surface area contributed by atoms with Gasteiger partial charge < -0.3 is 24.8 Å². The zero-order valence-corrected chi connectivity index (χ0v) is 20.0. The standard InChI is InChI=1S/C26H25F2N5O4/c1-35-20-12-16(13-21(37-26(27)28)24(20)25(34)32-17-5-6-17)19-15-31-23-14-18(7-10-33(19)23)36-11-9-30-22-4-2-3-8-29-22/h2-4,7-8,10,12-15,17,26H,5-6,9,11H2,1H3,(H,29,30)(H,32,34). The van der Waals surface area contributed by atoms with Crippen LogP contribution in [0.15, 0.2) is 61.1 Å². The van der Waals surface area contributed by atoms with E-state index < -0.39 is 12.5 Å². The van der Waals surface area contributed by atoms with Crippen LogP contribution in [0.4, 0.5) is 14.6 Å². The molecule has 0 aliphatic heterocycles. The molecule has 0 unspecified atom stereocenters. The number of anilines is 1. The highest BCUT2D eigenvalue weighted by Crippen LogP contribution is 2.37. The Hall–Kier alpha value is -4.41. The van der Waals surface area contributed by atoms with Crippen molar-refractivity contribution < 1.29 is 27.8 Å². The number of aromatic nitrogens is 3. The van der Waals surface area contributed by atoms with E-state index in [0.717, 1.165) is 18.7 Å². The fraction of sp³-hybridized carbons (Fsp3) is 0.269. The Morgan fingerprint density at radius 2 is 2.00 bits per heavy atom. The number of nitrogens with zero attached hydrogens (tertiary/aromatic N) is 3. The summed E-state index contributed by atoms with van der Waals surface area (Å²) in [6.07, 6.45) is 6.79.